The lowest BCUT2D eigenvalue weighted by Gasteiger charge is -2.26. The second-order valence-corrected chi connectivity index (χ2v) is 6.10. The van der Waals surface area contributed by atoms with Crippen molar-refractivity contribution in [1.82, 2.24) is 9.78 Å². The number of ether oxygens (including phenoxy) is 2. The first-order valence-corrected chi connectivity index (χ1v) is 8.23. The molecule has 128 valence electrons. The molecule has 0 saturated heterocycles. The number of carbonyl (C=O) groups excluding carboxylic acids is 1. The number of carbonyl (C=O) groups is 1. The fraction of sp³-hybridized carbons (Fsp3) is 0.444. The molecule has 24 heavy (non-hydrogen) atoms. The fourth-order valence-corrected chi connectivity index (χ4v) is 3.17. The van der Waals surface area contributed by atoms with Crippen LogP contribution in [0, 0.1) is 0 Å². The van der Waals surface area contributed by atoms with E-state index in [-0.39, 0.29) is 17.9 Å². The largest absolute Gasteiger partial charge is 0.493 e. The molecule has 1 aliphatic rings. The highest BCUT2D eigenvalue weighted by molar-refractivity contribution is 5.94. The summed E-state index contributed by atoms with van der Waals surface area (Å²) in [6.07, 6.45) is 2.21. The molecule has 1 aromatic heterocycles. The monoisotopic (exact) mass is 329 g/mol. The molecule has 0 saturated carbocycles. The summed E-state index contributed by atoms with van der Waals surface area (Å²) in [5.74, 6) is 2.04. The molecule has 6 nitrogen and oxygen atoms in total. The fourth-order valence-electron chi connectivity index (χ4n) is 3.17. The van der Waals surface area contributed by atoms with Crippen molar-refractivity contribution in [1.29, 1.82) is 0 Å². The SMILES string of the molecule is CCOc1c(OC)cccc1[C@H]1CC(=O)Nc2c1cnn2C(C)C. The summed E-state index contributed by atoms with van der Waals surface area (Å²) < 4.78 is 13.1. The number of anilines is 1. The summed E-state index contributed by atoms with van der Waals surface area (Å²) in [4.78, 5) is 12.3. The number of rotatable bonds is 5. The molecule has 2 aromatic rings. The Morgan fingerprint density at radius 3 is 2.83 bits per heavy atom. The Balaban J connectivity index is 2.13. The molecule has 0 aliphatic carbocycles. The first-order chi connectivity index (χ1) is 11.6. The van der Waals surface area contributed by atoms with Crippen LogP contribution in [0.1, 0.15) is 50.3 Å². The molecule has 6 heteroatoms. The Labute approximate surface area is 141 Å². The number of aromatic nitrogens is 2. The van der Waals surface area contributed by atoms with Gasteiger partial charge in [0.15, 0.2) is 11.5 Å². The van der Waals surface area contributed by atoms with Crippen molar-refractivity contribution >= 4 is 11.7 Å². The van der Waals surface area contributed by atoms with Crippen molar-refractivity contribution in [3.8, 4) is 11.5 Å². The summed E-state index contributed by atoms with van der Waals surface area (Å²) in [6.45, 7) is 6.55. The van der Waals surface area contributed by atoms with Crippen LogP contribution in [0.4, 0.5) is 5.82 Å². The number of nitrogens with one attached hydrogen (secondary N) is 1. The lowest BCUT2D eigenvalue weighted by Crippen LogP contribution is -2.25. The van der Waals surface area contributed by atoms with Crippen LogP contribution < -0.4 is 14.8 Å². The molecule has 0 spiro atoms. The normalized spacial score (nSPS) is 16.7. The van der Waals surface area contributed by atoms with E-state index in [1.807, 2.05) is 49.8 Å². The van der Waals surface area contributed by atoms with Crippen molar-refractivity contribution in [2.75, 3.05) is 19.0 Å². The third-order valence-electron chi connectivity index (χ3n) is 4.23. The van der Waals surface area contributed by atoms with Crippen LogP contribution in [-0.2, 0) is 4.79 Å². The molecule has 0 radical (unpaired) electrons. The molecular formula is C18H23N3O3. The Bertz CT molecular complexity index is 752. The Morgan fingerprint density at radius 1 is 1.38 bits per heavy atom. The van der Waals surface area contributed by atoms with Crippen LogP contribution in [0.5, 0.6) is 11.5 Å². The summed E-state index contributed by atoms with van der Waals surface area (Å²) in [5.41, 5.74) is 1.97. The highest BCUT2D eigenvalue weighted by Gasteiger charge is 2.33. The topological polar surface area (TPSA) is 65.4 Å². The molecule has 1 aliphatic heterocycles. The molecular weight excluding hydrogens is 306 g/mol. The first kappa shape index (κ1) is 16.4. The minimum Gasteiger partial charge on any atom is -0.493 e. The maximum absolute atomic E-state index is 12.3. The standard InChI is InChI=1S/C18H23N3O3/c1-5-24-17-12(7-6-8-15(17)23-4)13-9-16(22)20-18-14(13)10-19-21(18)11(2)3/h6-8,10-11,13H,5,9H2,1-4H3,(H,20,22)/t13-/m1/s1. The van der Waals surface area contributed by atoms with Gasteiger partial charge in [0.1, 0.15) is 5.82 Å². The zero-order valence-corrected chi connectivity index (χ0v) is 14.5. The number of hydrogen-bond donors (Lipinski definition) is 1. The molecule has 1 amide bonds. The van der Waals surface area contributed by atoms with Gasteiger partial charge in [0.25, 0.3) is 0 Å². The molecule has 1 N–H and O–H groups in total. The van der Waals surface area contributed by atoms with Crippen molar-refractivity contribution in [3.05, 3.63) is 35.5 Å². The van der Waals surface area contributed by atoms with E-state index in [4.69, 9.17) is 9.47 Å². The minimum atomic E-state index is -0.0992. The van der Waals surface area contributed by atoms with Gasteiger partial charge in [-0.15, -0.1) is 0 Å². The van der Waals surface area contributed by atoms with Crippen molar-refractivity contribution < 1.29 is 14.3 Å². The van der Waals surface area contributed by atoms with Gasteiger partial charge in [-0.3, -0.25) is 4.79 Å². The quantitative estimate of drug-likeness (QED) is 0.913. The van der Waals surface area contributed by atoms with Crippen LogP contribution in [0.15, 0.2) is 24.4 Å². The van der Waals surface area contributed by atoms with Crippen molar-refractivity contribution in [2.45, 2.75) is 39.2 Å². The van der Waals surface area contributed by atoms with E-state index in [9.17, 15) is 4.79 Å². The summed E-state index contributed by atoms with van der Waals surface area (Å²) in [6, 6.07) is 5.96. The molecule has 2 heterocycles. The number of methoxy groups -OCH3 is 1. The Kier molecular flexibility index (Phi) is 4.46. The van der Waals surface area contributed by atoms with Gasteiger partial charge >= 0.3 is 0 Å². The van der Waals surface area contributed by atoms with Crippen LogP contribution in [0.25, 0.3) is 0 Å². The van der Waals surface area contributed by atoms with Gasteiger partial charge in [0.2, 0.25) is 5.91 Å². The van der Waals surface area contributed by atoms with E-state index < -0.39 is 0 Å². The molecule has 1 atom stereocenters. The third kappa shape index (κ3) is 2.72. The molecule has 1 aromatic carbocycles. The first-order valence-electron chi connectivity index (χ1n) is 8.23. The van der Waals surface area contributed by atoms with Crippen LogP contribution >= 0.6 is 0 Å². The van der Waals surface area contributed by atoms with Crippen molar-refractivity contribution in [2.24, 2.45) is 0 Å². The smallest absolute Gasteiger partial charge is 0.226 e. The van der Waals surface area contributed by atoms with E-state index in [0.717, 1.165) is 16.9 Å². The van der Waals surface area contributed by atoms with E-state index in [1.54, 1.807) is 7.11 Å². The number of para-hydroxylation sites is 1. The average Bonchev–Trinajstić information content (AvgIpc) is 2.98. The lowest BCUT2D eigenvalue weighted by atomic mass is 9.86. The molecule has 0 bridgehead atoms. The van der Waals surface area contributed by atoms with Crippen LogP contribution in [0.3, 0.4) is 0 Å². The highest BCUT2D eigenvalue weighted by Crippen LogP contribution is 2.44. The molecule has 3 rings (SSSR count). The average molecular weight is 329 g/mol. The zero-order valence-electron chi connectivity index (χ0n) is 14.5. The van der Waals surface area contributed by atoms with Crippen LogP contribution in [-0.4, -0.2) is 29.4 Å². The Morgan fingerprint density at radius 2 is 2.17 bits per heavy atom. The minimum absolute atomic E-state index is 0.0137. The highest BCUT2D eigenvalue weighted by atomic mass is 16.5. The van der Waals surface area contributed by atoms with Crippen molar-refractivity contribution in [3.63, 3.8) is 0 Å². The number of amides is 1. The molecule has 0 fully saturated rings. The summed E-state index contributed by atoms with van der Waals surface area (Å²) >= 11 is 0. The number of fused-ring (bicyclic) bond motifs is 1. The maximum atomic E-state index is 12.3. The second kappa shape index (κ2) is 6.55. The second-order valence-electron chi connectivity index (χ2n) is 6.10. The van der Waals surface area contributed by atoms with Gasteiger partial charge in [0, 0.05) is 29.5 Å². The molecule has 0 unspecified atom stereocenters. The lowest BCUT2D eigenvalue weighted by molar-refractivity contribution is -0.116. The van der Waals surface area contributed by atoms with Gasteiger partial charge in [-0.2, -0.15) is 5.10 Å². The zero-order chi connectivity index (χ0) is 17.3. The van der Waals surface area contributed by atoms with Gasteiger partial charge in [-0.05, 0) is 26.8 Å². The third-order valence-corrected chi connectivity index (χ3v) is 4.23. The maximum Gasteiger partial charge on any atom is 0.226 e. The van der Waals surface area contributed by atoms with Crippen LogP contribution in [0.2, 0.25) is 0 Å². The van der Waals surface area contributed by atoms with E-state index in [2.05, 4.69) is 10.4 Å². The van der Waals surface area contributed by atoms with E-state index >= 15 is 0 Å². The number of nitrogens with zero attached hydrogens (tertiary/aromatic N) is 2. The van der Waals surface area contributed by atoms with Gasteiger partial charge in [-0.25, -0.2) is 4.68 Å². The van der Waals surface area contributed by atoms with E-state index in [0.29, 0.717) is 24.5 Å². The van der Waals surface area contributed by atoms with Gasteiger partial charge in [-0.1, -0.05) is 12.1 Å². The van der Waals surface area contributed by atoms with Gasteiger partial charge in [0.05, 0.1) is 19.9 Å². The predicted molar refractivity (Wildman–Crippen MR) is 91.9 cm³/mol. The Hall–Kier alpha value is -2.50. The number of benzene rings is 1. The summed E-state index contributed by atoms with van der Waals surface area (Å²) in [5, 5.41) is 7.41. The number of hydrogen-bond acceptors (Lipinski definition) is 4. The predicted octanol–water partition coefficient (Wildman–Crippen LogP) is 3.35. The summed E-state index contributed by atoms with van der Waals surface area (Å²) in [7, 11) is 1.62. The van der Waals surface area contributed by atoms with E-state index in [1.165, 1.54) is 0 Å². The van der Waals surface area contributed by atoms with Gasteiger partial charge < -0.3 is 14.8 Å².